The monoisotopic (exact) mass is 231 g/mol. The van der Waals surface area contributed by atoms with E-state index in [0.29, 0.717) is 5.56 Å². The molecule has 5 heteroatoms. The van der Waals surface area contributed by atoms with Crippen LogP contribution in [0.2, 0.25) is 5.02 Å². The van der Waals surface area contributed by atoms with Crippen LogP contribution in [0.4, 0.5) is 4.39 Å². The Morgan fingerprint density at radius 3 is 2.80 bits per heavy atom. The van der Waals surface area contributed by atoms with E-state index in [4.69, 9.17) is 16.7 Å². The summed E-state index contributed by atoms with van der Waals surface area (Å²) in [6.45, 7) is 0. The zero-order valence-electron chi connectivity index (χ0n) is 8.13. The number of carboxylic acids is 1. The molecule has 2 N–H and O–H groups in total. The van der Waals surface area contributed by atoms with Crippen LogP contribution in [0.5, 0.6) is 0 Å². The molecule has 1 unspecified atom stereocenters. The summed E-state index contributed by atoms with van der Waals surface area (Å²) in [6, 6.07) is 3.82. The smallest absolute Gasteiger partial charge is 0.305 e. The third-order valence-corrected chi connectivity index (χ3v) is 2.36. The fraction of sp³-hybridized carbons (Fsp3) is 0.300. The molecule has 1 aromatic carbocycles. The number of nitrogens with one attached hydrogen (secondary N) is 1. The summed E-state index contributed by atoms with van der Waals surface area (Å²) < 4.78 is 12.9. The molecule has 1 atom stereocenters. The van der Waals surface area contributed by atoms with Gasteiger partial charge in [0.15, 0.2) is 0 Å². The summed E-state index contributed by atoms with van der Waals surface area (Å²) in [4.78, 5) is 10.5. The van der Waals surface area contributed by atoms with E-state index in [1.807, 2.05) is 0 Å². The van der Waals surface area contributed by atoms with Crippen LogP contribution in [0.1, 0.15) is 18.0 Å². The molecule has 0 aromatic heterocycles. The SMILES string of the molecule is CNC(CC(=O)O)c1ccc(F)c(Cl)c1. The largest absolute Gasteiger partial charge is 0.481 e. The van der Waals surface area contributed by atoms with Crippen molar-refractivity contribution in [1.82, 2.24) is 5.32 Å². The van der Waals surface area contributed by atoms with Crippen molar-refractivity contribution in [2.45, 2.75) is 12.5 Å². The lowest BCUT2D eigenvalue weighted by atomic mass is 10.0. The second-order valence-corrected chi connectivity index (χ2v) is 3.52. The Hall–Kier alpha value is -1.13. The van der Waals surface area contributed by atoms with E-state index in [2.05, 4.69) is 5.32 Å². The van der Waals surface area contributed by atoms with Crippen LogP contribution in [-0.2, 0) is 4.79 Å². The molecule has 1 rings (SSSR count). The van der Waals surface area contributed by atoms with Gasteiger partial charge in [-0.3, -0.25) is 4.79 Å². The van der Waals surface area contributed by atoms with Crippen molar-refractivity contribution in [3.05, 3.63) is 34.6 Å². The van der Waals surface area contributed by atoms with Gasteiger partial charge in [-0.2, -0.15) is 0 Å². The maximum absolute atomic E-state index is 12.9. The van der Waals surface area contributed by atoms with Crippen LogP contribution in [-0.4, -0.2) is 18.1 Å². The van der Waals surface area contributed by atoms with Crippen molar-refractivity contribution in [1.29, 1.82) is 0 Å². The molecule has 0 amide bonds. The quantitative estimate of drug-likeness (QED) is 0.835. The third kappa shape index (κ3) is 3.18. The number of carbonyl (C=O) groups is 1. The van der Waals surface area contributed by atoms with Gasteiger partial charge in [0, 0.05) is 6.04 Å². The van der Waals surface area contributed by atoms with Gasteiger partial charge in [0.1, 0.15) is 5.82 Å². The first-order valence-electron chi connectivity index (χ1n) is 4.38. The van der Waals surface area contributed by atoms with Gasteiger partial charge >= 0.3 is 5.97 Å². The Kier molecular flexibility index (Phi) is 4.05. The van der Waals surface area contributed by atoms with E-state index < -0.39 is 11.8 Å². The van der Waals surface area contributed by atoms with E-state index in [1.54, 1.807) is 7.05 Å². The molecule has 0 saturated carbocycles. The lowest BCUT2D eigenvalue weighted by Crippen LogP contribution is -2.19. The molecule has 0 aliphatic carbocycles. The molecular weight excluding hydrogens is 221 g/mol. The number of halogens is 2. The molecule has 0 aliphatic rings. The minimum atomic E-state index is -0.921. The van der Waals surface area contributed by atoms with E-state index >= 15 is 0 Å². The van der Waals surface area contributed by atoms with E-state index in [9.17, 15) is 9.18 Å². The highest BCUT2D eigenvalue weighted by Crippen LogP contribution is 2.22. The van der Waals surface area contributed by atoms with Crippen LogP contribution in [0.3, 0.4) is 0 Å². The molecule has 0 saturated heterocycles. The van der Waals surface area contributed by atoms with Crippen LogP contribution in [0.15, 0.2) is 18.2 Å². The van der Waals surface area contributed by atoms with Gasteiger partial charge in [-0.15, -0.1) is 0 Å². The zero-order chi connectivity index (χ0) is 11.4. The standard InChI is InChI=1S/C10H11ClFNO2/c1-13-9(5-10(14)15)6-2-3-8(12)7(11)4-6/h2-4,9,13H,5H2,1H3,(H,14,15). The van der Waals surface area contributed by atoms with E-state index in [1.165, 1.54) is 18.2 Å². The molecule has 0 radical (unpaired) electrons. The minimum Gasteiger partial charge on any atom is -0.481 e. The first-order valence-corrected chi connectivity index (χ1v) is 4.76. The predicted molar refractivity (Wildman–Crippen MR) is 55.5 cm³/mol. The van der Waals surface area contributed by atoms with Crippen molar-refractivity contribution >= 4 is 17.6 Å². The normalized spacial score (nSPS) is 12.5. The lowest BCUT2D eigenvalue weighted by Gasteiger charge is -2.14. The number of hydrogen-bond donors (Lipinski definition) is 2. The summed E-state index contributed by atoms with van der Waals surface area (Å²) in [5.41, 5.74) is 0.659. The van der Waals surface area contributed by atoms with Crippen molar-refractivity contribution in [2.75, 3.05) is 7.05 Å². The molecule has 1 aromatic rings. The number of aliphatic carboxylic acids is 1. The van der Waals surface area contributed by atoms with Crippen LogP contribution >= 0.6 is 11.6 Å². The van der Waals surface area contributed by atoms with Gasteiger partial charge in [0.2, 0.25) is 0 Å². The van der Waals surface area contributed by atoms with E-state index in [-0.39, 0.29) is 17.5 Å². The summed E-state index contributed by atoms with van der Waals surface area (Å²) in [7, 11) is 1.64. The number of hydrogen-bond acceptors (Lipinski definition) is 2. The average Bonchev–Trinajstić information content (AvgIpc) is 2.18. The Morgan fingerprint density at radius 2 is 2.33 bits per heavy atom. The Labute approximate surface area is 91.9 Å². The highest BCUT2D eigenvalue weighted by atomic mass is 35.5. The molecule has 0 spiro atoms. The summed E-state index contributed by atoms with van der Waals surface area (Å²) >= 11 is 5.60. The van der Waals surface area contributed by atoms with Crippen molar-refractivity contribution in [3.8, 4) is 0 Å². The Morgan fingerprint density at radius 1 is 1.67 bits per heavy atom. The van der Waals surface area contributed by atoms with Crippen LogP contribution < -0.4 is 5.32 Å². The number of carboxylic acid groups (broad SMARTS) is 1. The van der Waals surface area contributed by atoms with E-state index in [0.717, 1.165) is 0 Å². The molecule has 3 nitrogen and oxygen atoms in total. The fourth-order valence-corrected chi connectivity index (χ4v) is 1.48. The first kappa shape index (κ1) is 11.9. The van der Waals surface area contributed by atoms with Crippen LogP contribution in [0.25, 0.3) is 0 Å². The Bertz CT molecular complexity index is 370. The zero-order valence-corrected chi connectivity index (χ0v) is 8.88. The first-order chi connectivity index (χ1) is 7.04. The molecule has 15 heavy (non-hydrogen) atoms. The molecule has 0 aliphatic heterocycles. The third-order valence-electron chi connectivity index (χ3n) is 2.07. The summed E-state index contributed by atoms with van der Waals surface area (Å²) in [5, 5.41) is 11.5. The van der Waals surface area contributed by atoms with Gasteiger partial charge in [0.05, 0.1) is 11.4 Å². The van der Waals surface area contributed by atoms with Crippen molar-refractivity contribution < 1.29 is 14.3 Å². The number of rotatable bonds is 4. The lowest BCUT2D eigenvalue weighted by molar-refractivity contribution is -0.137. The number of benzene rings is 1. The second kappa shape index (κ2) is 5.09. The Balaban J connectivity index is 2.92. The molecular formula is C10H11ClFNO2. The van der Waals surface area contributed by atoms with Crippen molar-refractivity contribution in [2.24, 2.45) is 0 Å². The molecule has 0 fully saturated rings. The van der Waals surface area contributed by atoms with Gasteiger partial charge < -0.3 is 10.4 Å². The maximum Gasteiger partial charge on any atom is 0.305 e. The molecule has 82 valence electrons. The minimum absolute atomic E-state index is 0.00172. The highest BCUT2D eigenvalue weighted by Gasteiger charge is 2.14. The summed E-state index contributed by atoms with van der Waals surface area (Å²) in [6.07, 6.45) is -0.0710. The average molecular weight is 232 g/mol. The van der Waals surface area contributed by atoms with Crippen LogP contribution in [0, 0.1) is 5.82 Å². The summed E-state index contributed by atoms with van der Waals surface area (Å²) in [5.74, 6) is -1.43. The topological polar surface area (TPSA) is 49.3 Å². The highest BCUT2D eigenvalue weighted by molar-refractivity contribution is 6.30. The molecule has 0 bridgehead atoms. The molecule has 0 heterocycles. The van der Waals surface area contributed by atoms with Gasteiger partial charge in [0.25, 0.3) is 0 Å². The second-order valence-electron chi connectivity index (χ2n) is 3.11. The van der Waals surface area contributed by atoms with Crippen molar-refractivity contribution in [3.63, 3.8) is 0 Å². The maximum atomic E-state index is 12.9. The van der Waals surface area contributed by atoms with Gasteiger partial charge in [-0.1, -0.05) is 17.7 Å². The van der Waals surface area contributed by atoms with Gasteiger partial charge in [-0.25, -0.2) is 4.39 Å². The van der Waals surface area contributed by atoms with Gasteiger partial charge in [-0.05, 0) is 24.7 Å². The fourth-order valence-electron chi connectivity index (χ4n) is 1.29. The predicted octanol–water partition coefficient (Wildman–Crippen LogP) is 2.21.